The largest absolute Gasteiger partial charge is 0.444 e. The maximum absolute atomic E-state index is 5.37. The van der Waals surface area contributed by atoms with Gasteiger partial charge in [-0.2, -0.15) is 0 Å². The van der Waals surface area contributed by atoms with Crippen molar-refractivity contribution in [1.29, 1.82) is 0 Å². The smallest absolute Gasteiger partial charge is 0.227 e. The Labute approximate surface area is 94.0 Å². The van der Waals surface area contributed by atoms with E-state index in [-0.39, 0.29) is 0 Å². The van der Waals surface area contributed by atoms with Gasteiger partial charge < -0.3 is 9.32 Å². The molecule has 1 aliphatic heterocycles. The van der Waals surface area contributed by atoms with Gasteiger partial charge in [0.05, 0.1) is 11.8 Å². The number of benzene rings is 1. The van der Waals surface area contributed by atoms with Crippen molar-refractivity contribution in [3.63, 3.8) is 0 Å². The number of hydrogen-bond donors (Lipinski definition) is 0. The molecule has 2 heterocycles. The van der Waals surface area contributed by atoms with Gasteiger partial charge in [-0.05, 0) is 11.1 Å². The maximum Gasteiger partial charge on any atom is 0.227 e. The van der Waals surface area contributed by atoms with Crippen LogP contribution in [0.3, 0.4) is 0 Å². The van der Waals surface area contributed by atoms with Gasteiger partial charge in [-0.3, -0.25) is 0 Å². The Morgan fingerprint density at radius 1 is 1.31 bits per heavy atom. The van der Waals surface area contributed by atoms with Crippen LogP contribution < -0.4 is 0 Å². The Kier molecular flexibility index (Phi) is 2.03. The number of nitrogens with zero attached hydrogens (tertiary/aromatic N) is 2. The highest BCUT2D eigenvalue weighted by Gasteiger charge is 2.18. The van der Waals surface area contributed by atoms with Crippen molar-refractivity contribution in [3.8, 4) is 0 Å². The third-order valence-electron chi connectivity index (χ3n) is 2.74. The topological polar surface area (TPSA) is 29.3 Å². The Morgan fingerprint density at radius 3 is 3.00 bits per heavy atom. The van der Waals surface area contributed by atoms with Crippen LogP contribution in [0.4, 0.5) is 0 Å². The molecule has 0 atom stereocenters. The Hall–Kier alpha value is -2.03. The summed E-state index contributed by atoms with van der Waals surface area (Å²) in [6, 6.07) is 8.35. The van der Waals surface area contributed by atoms with Crippen LogP contribution in [0, 0.1) is 0 Å². The molecule has 1 aromatic carbocycles. The van der Waals surface area contributed by atoms with Gasteiger partial charge in [0.25, 0.3) is 0 Å². The minimum Gasteiger partial charge on any atom is -0.444 e. The fraction of sp³-hybridized carbons (Fsp3) is 0.154. The number of oxazole rings is 1. The van der Waals surface area contributed by atoms with Crippen LogP contribution in [0.2, 0.25) is 0 Å². The van der Waals surface area contributed by atoms with Crippen molar-refractivity contribution in [2.24, 2.45) is 0 Å². The average Bonchev–Trinajstić information content (AvgIpc) is 2.81. The lowest BCUT2D eigenvalue weighted by Crippen LogP contribution is -2.17. The lowest BCUT2D eigenvalue weighted by molar-refractivity contribution is 0.442. The molecule has 2 aromatic rings. The third kappa shape index (κ3) is 1.41. The molecule has 0 radical (unpaired) electrons. The quantitative estimate of drug-likeness (QED) is 0.727. The van der Waals surface area contributed by atoms with E-state index in [0.29, 0.717) is 5.89 Å². The molecule has 0 spiro atoms. The van der Waals surface area contributed by atoms with Gasteiger partial charge in [0.2, 0.25) is 5.89 Å². The van der Waals surface area contributed by atoms with Crippen molar-refractivity contribution in [3.05, 3.63) is 59.9 Å². The zero-order chi connectivity index (χ0) is 11.0. The summed E-state index contributed by atoms with van der Waals surface area (Å²) < 4.78 is 5.37. The first-order chi connectivity index (χ1) is 7.84. The highest BCUT2D eigenvalue weighted by molar-refractivity contribution is 5.78. The van der Waals surface area contributed by atoms with E-state index in [1.165, 1.54) is 11.1 Å². The molecule has 16 heavy (non-hydrogen) atoms. The summed E-state index contributed by atoms with van der Waals surface area (Å²) in [5.41, 5.74) is 3.57. The van der Waals surface area contributed by atoms with Crippen molar-refractivity contribution < 1.29 is 4.42 Å². The Morgan fingerprint density at radius 2 is 2.19 bits per heavy atom. The number of aromatic nitrogens is 1. The summed E-state index contributed by atoms with van der Waals surface area (Å²) >= 11 is 0. The van der Waals surface area contributed by atoms with Gasteiger partial charge in [0.1, 0.15) is 6.26 Å². The van der Waals surface area contributed by atoms with Crippen LogP contribution >= 0.6 is 0 Å². The van der Waals surface area contributed by atoms with Gasteiger partial charge >= 0.3 is 0 Å². The summed E-state index contributed by atoms with van der Waals surface area (Å²) in [6.45, 7) is 0.931. The molecule has 0 fully saturated rings. The predicted molar refractivity (Wildman–Crippen MR) is 61.5 cm³/mol. The van der Waals surface area contributed by atoms with Gasteiger partial charge in [0, 0.05) is 19.8 Å². The van der Waals surface area contributed by atoms with E-state index in [0.717, 1.165) is 12.1 Å². The highest BCUT2D eigenvalue weighted by atomic mass is 16.3. The van der Waals surface area contributed by atoms with Gasteiger partial charge in [-0.1, -0.05) is 24.3 Å². The molecule has 0 saturated carbocycles. The highest BCUT2D eigenvalue weighted by Crippen LogP contribution is 2.29. The minimum absolute atomic E-state index is 0.680. The minimum atomic E-state index is 0.680. The van der Waals surface area contributed by atoms with E-state index >= 15 is 0 Å². The van der Waals surface area contributed by atoms with Crippen LogP contribution in [-0.2, 0) is 6.54 Å². The van der Waals surface area contributed by atoms with E-state index in [1.54, 1.807) is 12.5 Å². The van der Waals surface area contributed by atoms with Crippen molar-refractivity contribution in [1.82, 2.24) is 9.88 Å². The molecule has 0 aliphatic carbocycles. The summed E-state index contributed by atoms with van der Waals surface area (Å²) in [5.74, 6) is 0.680. The second-order valence-electron chi connectivity index (χ2n) is 3.95. The van der Waals surface area contributed by atoms with Crippen LogP contribution in [0.25, 0.3) is 5.57 Å². The molecule has 0 N–H and O–H groups in total. The van der Waals surface area contributed by atoms with Crippen molar-refractivity contribution >= 4 is 5.57 Å². The molecule has 1 aliphatic rings. The fourth-order valence-electron chi connectivity index (χ4n) is 2.05. The molecule has 3 heteroatoms. The normalized spacial score (nSPS) is 14.6. The molecular formula is C13H12N2O. The zero-order valence-corrected chi connectivity index (χ0v) is 9.05. The van der Waals surface area contributed by atoms with Crippen molar-refractivity contribution in [2.45, 2.75) is 6.54 Å². The molecule has 3 nitrogen and oxygen atoms in total. The lowest BCUT2D eigenvalue weighted by atomic mass is 9.97. The number of rotatable bonds is 1. The first kappa shape index (κ1) is 9.21. The van der Waals surface area contributed by atoms with Gasteiger partial charge in [0.15, 0.2) is 0 Å². The summed E-state index contributed by atoms with van der Waals surface area (Å²) in [5, 5.41) is 0. The lowest BCUT2D eigenvalue weighted by Gasteiger charge is -2.24. The first-order valence-corrected chi connectivity index (χ1v) is 5.25. The standard InChI is InChI=1S/C13H12N2O/c1-15-8-10-4-2-3-5-11(10)12(9-15)13-14-6-7-16-13/h2-7,9H,8H2,1H3. The molecule has 0 bridgehead atoms. The summed E-state index contributed by atoms with van der Waals surface area (Å²) in [4.78, 5) is 6.35. The molecule has 3 rings (SSSR count). The van der Waals surface area contributed by atoms with E-state index in [9.17, 15) is 0 Å². The molecule has 0 amide bonds. The second kappa shape index (κ2) is 3.52. The van der Waals surface area contributed by atoms with E-state index in [4.69, 9.17) is 4.42 Å². The average molecular weight is 212 g/mol. The first-order valence-electron chi connectivity index (χ1n) is 5.25. The van der Waals surface area contributed by atoms with Crippen LogP contribution in [-0.4, -0.2) is 16.9 Å². The molecule has 1 aromatic heterocycles. The van der Waals surface area contributed by atoms with Gasteiger partial charge in [-0.15, -0.1) is 0 Å². The Balaban J connectivity index is 2.17. The number of fused-ring (bicyclic) bond motifs is 1. The molecule has 80 valence electrons. The SMILES string of the molecule is CN1C=C(c2ncco2)c2ccccc2C1. The molecule has 0 saturated heterocycles. The Bertz CT molecular complexity index is 529. The van der Waals surface area contributed by atoms with Crippen LogP contribution in [0.1, 0.15) is 17.0 Å². The van der Waals surface area contributed by atoms with Gasteiger partial charge in [-0.25, -0.2) is 4.98 Å². The zero-order valence-electron chi connectivity index (χ0n) is 9.05. The van der Waals surface area contributed by atoms with Crippen molar-refractivity contribution in [2.75, 3.05) is 7.05 Å². The van der Waals surface area contributed by atoms with Crippen LogP contribution in [0.15, 0.2) is 47.3 Å². The summed E-state index contributed by atoms with van der Waals surface area (Å²) in [6.07, 6.45) is 5.36. The van der Waals surface area contributed by atoms with E-state index in [2.05, 4.69) is 41.3 Å². The molecular weight excluding hydrogens is 200 g/mol. The van der Waals surface area contributed by atoms with E-state index in [1.807, 2.05) is 6.07 Å². The summed E-state index contributed by atoms with van der Waals surface area (Å²) in [7, 11) is 2.05. The molecule has 0 unspecified atom stereocenters. The fourth-order valence-corrected chi connectivity index (χ4v) is 2.05. The maximum atomic E-state index is 5.37. The second-order valence-corrected chi connectivity index (χ2v) is 3.95. The van der Waals surface area contributed by atoms with E-state index < -0.39 is 0 Å². The third-order valence-corrected chi connectivity index (χ3v) is 2.74. The van der Waals surface area contributed by atoms with Crippen LogP contribution in [0.5, 0.6) is 0 Å². The number of hydrogen-bond acceptors (Lipinski definition) is 3. The monoisotopic (exact) mass is 212 g/mol. The predicted octanol–water partition coefficient (Wildman–Crippen LogP) is 2.51.